The third-order valence-corrected chi connectivity index (χ3v) is 3.42. The van der Waals surface area contributed by atoms with Crippen molar-refractivity contribution in [3.63, 3.8) is 0 Å². The van der Waals surface area contributed by atoms with E-state index in [0.29, 0.717) is 23.0 Å². The summed E-state index contributed by atoms with van der Waals surface area (Å²) in [6.07, 6.45) is 0. The summed E-state index contributed by atoms with van der Waals surface area (Å²) in [7, 11) is 0. The number of carbonyl (C=O) groups excluding carboxylic acids is 2. The number of benzene rings is 1. The first kappa shape index (κ1) is 13.0. The minimum absolute atomic E-state index is 0.245. The summed E-state index contributed by atoms with van der Waals surface area (Å²) in [5, 5.41) is 2.27. The van der Waals surface area contributed by atoms with Crippen LogP contribution >= 0.6 is 23.4 Å². The molecule has 4 nitrogen and oxygen atoms in total. The first-order valence-electron chi connectivity index (χ1n) is 5.28. The Balaban J connectivity index is 2.53. The van der Waals surface area contributed by atoms with Crippen molar-refractivity contribution in [1.29, 1.82) is 0 Å². The van der Waals surface area contributed by atoms with Gasteiger partial charge in [-0.3, -0.25) is 14.9 Å². The van der Waals surface area contributed by atoms with Crippen molar-refractivity contribution in [2.24, 2.45) is 0 Å². The maximum atomic E-state index is 11.7. The SMILES string of the molecule is CCOC(=C1SC(=O)NC1=O)c1ccccc1Cl. The Labute approximate surface area is 113 Å². The van der Waals surface area contributed by atoms with Crippen LogP contribution < -0.4 is 5.32 Å². The molecule has 0 aromatic heterocycles. The fourth-order valence-corrected chi connectivity index (χ4v) is 2.47. The summed E-state index contributed by atoms with van der Waals surface area (Å²) < 4.78 is 5.47. The summed E-state index contributed by atoms with van der Waals surface area (Å²) in [6.45, 7) is 2.18. The molecular formula is C12H10ClNO3S. The molecular weight excluding hydrogens is 274 g/mol. The van der Waals surface area contributed by atoms with Gasteiger partial charge in [-0.1, -0.05) is 23.7 Å². The number of nitrogens with one attached hydrogen (secondary N) is 1. The van der Waals surface area contributed by atoms with Gasteiger partial charge in [-0.15, -0.1) is 0 Å². The number of ether oxygens (including phenoxy) is 1. The minimum atomic E-state index is -0.451. The van der Waals surface area contributed by atoms with Crippen molar-refractivity contribution in [1.82, 2.24) is 5.32 Å². The molecule has 1 aliphatic heterocycles. The highest BCUT2D eigenvalue weighted by Crippen LogP contribution is 2.35. The molecule has 1 aromatic carbocycles. The van der Waals surface area contributed by atoms with Crippen LogP contribution in [0.5, 0.6) is 0 Å². The lowest BCUT2D eigenvalue weighted by Gasteiger charge is -2.11. The van der Waals surface area contributed by atoms with E-state index in [1.807, 2.05) is 0 Å². The Morgan fingerprint density at radius 1 is 1.39 bits per heavy atom. The van der Waals surface area contributed by atoms with Crippen LogP contribution in [0, 0.1) is 0 Å². The minimum Gasteiger partial charge on any atom is -0.492 e. The number of amides is 2. The van der Waals surface area contributed by atoms with Crippen LogP contribution in [0.4, 0.5) is 4.79 Å². The maximum Gasteiger partial charge on any atom is 0.291 e. The quantitative estimate of drug-likeness (QED) is 0.684. The van der Waals surface area contributed by atoms with Crippen LogP contribution in [0.2, 0.25) is 5.02 Å². The van der Waals surface area contributed by atoms with Gasteiger partial charge < -0.3 is 4.74 Å². The third kappa shape index (κ3) is 2.52. The van der Waals surface area contributed by atoms with Crippen molar-refractivity contribution in [2.45, 2.75) is 6.92 Å². The standard InChI is InChI=1S/C12H10ClNO3S/c1-2-17-9(7-5-3-4-6-8(7)13)10-11(15)14-12(16)18-10/h3-6H,2H2,1H3,(H,14,15,16). The largest absolute Gasteiger partial charge is 0.492 e. The summed E-state index contributed by atoms with van der Waals surface area (Å²) in [4.78, 5) is 23.1. The highest BCUT2D eigenvalue weighted by molar-refractivity contribution is 8.18. The normalized spacial score (nSPS) is 17.7. The van der Waals surface area contributed by atoms with E-state index in [2.05, 4.69) is 5.32 Å². The molecule has 0 unspecified atom stereocenters. The van der Waals surface area contributed by atoms with Gasteiger partial charge in [0.2, 0.25) is 0 Å². The Morgan fingerprint density at radius 2 is 2.11 bits per heavy atom. The number of halogens is 1. The van der Waals surface area contributed by atoms with Crippen LogP contribution in [-0.4, -0.2) is 17.8 Å². The van der Waals surface area contributed by atoms with Crippen molar-refractivity contribution in [3.05, 3.63) is 39.8 Å². The monoisotopic (exact) mass is 283 g/mol. The van der Waals surface area contributed by atoms with Gasteiger partial charge in [0.15, 0.2) is 0 Å². The van der Waals surface area contributed by atoms with Crippen LogP contribution in [0.25, 0.3) is 5.76 Å². The van der Waals surface area contributed by atoms with E-state index in [4.69, 9.17) is 16.3 Å². The Hall–Kier alpha value is -1.46. The molecule has 18 heavy (non-hydrogen) atoms. The molecule has 0 spiro atoms. The van der Waals surface area contributed by atoms with Gasteiger partial charge in [-0.25, -0.2) is 0 Å². The lowest BCUT2D eigenvalue weighted by atomic mass is 10.1. The van der Waals surface area contributed by atoms with Gasteiger partial charge in [0.1, 0.15) is 10.7 Å². The average Bonchev–Trinajstić information content (AvgIpc) is 2.66. The van der Waals surface area contributed by atoms with Gasteiger partial charge in [0.05, 0.1) is 11.6 Å². The Morgan fingerprint density at radius 3 is 2.67 bits per heavy atom. The number of hydrogen-bond donors (Lipinski definition) is 1. The molecule has 6 heteroatoms. The molecule has 1 N–H and O–H groups in total. The Bertz CT molecular complexity index is 542. The molecule has 0 bridgehead atoms. The van der Waals surface area contributed by atoms with E-state index >= 15 is 0 Å². The molecule has 1 heterocycles. The van der Waals surface area contributed by atoms with Gasteiger partial charge in [-0.05, 0) is 30.8 Å². The maximum absolute atomic E-state index is 11.7. The molecule has 94 valence electrons. The molecule has 2 amide bonds. The van der Waals surface area contributed by atoms with Gasteiger partial charge in [0, 0.05) is 5.56 Å². The van der Waals surface area contributed by atoms with Crippen LogP contribution in [0.3, 0.4) is 0 Å². The number of thioether (sulfide) groups is 1. The van der Waals surface area contributed by atoms with Gasteiger partial charge in [-0.2, -0.15) is 0 Å². The lowest BCUT2D eigenvalue weighted by molar-refractivity contribution is -0.115. The molecule has 1 fully saturated rings. The van der Waals surface area contributed by atoms with Crippen LogP contribution in [-0.2, 0) is 9.53 Å². The summed E-state index contributed by atoms with van der Waals surface area (Å²) in [6, 6.07) is 7.03. The van der Waals surface area contributed by atoms with Crippen molar-refractivity contribution in [3.8, 4) is 0 Å². The topological polar surface area (TPSA) is 55.4 Å². The van der Waals surface area contributed by atoms with E-state index in [1.54, 1.807) is 31.2 Å². The summed E-state index contributed by atoms with van der Waals surface area (Å²) >= 11 is 6.90. The van der Waals surface area contributed by atoms with Crippen molar-refractivity contribution in [2.75, 3.05) is 6.61 Å². The first-order chi connectivity index (χ1) is 8.63. The molecule has 0 saturated carbocycles. The van der Waals surface area contributed by atoms with Crippen molar-refractivity contribution < 1.29 is 14.3 Å². The lowest BCUT2D eigenvalue weighted by Crippen LogP contribution is -2.18. The number of carbonyl (C=O) groups is 2. The second kappa shape index (κ2) is 5.46. The van der Waals surface area contributed by atoms with Gasteiger partial charge in [0.25, 0.3) is 11.1 Å². The molecule has 1 aromatic rings. The van der Waals surface area contributed by atoms with Crippen molar-refractivity contribution >= 4 is 40.3 Å². The predicted molar refractivity (Wildman–Crippen MR) is 71.1 cm³/mol. The smallest absolute Gasteiger partial charge is 0.291 e. The van der Waals surface area contributed by atoms with E-state index in [-0.39, 0.29) is 4.91 Å². The Kier molecular flexibility index (Phi) is 3.93. The predicted octanol–water partition coefficient (Wildman–Crippen LogP) is 3.03. The van der Waals surface area contributed by atoms with E-state index in [0.717, 1.165) is 11.8 Å². The average molecular weight is 284 g/mol. The third-order valence-electron chi connectivity index (χ3n) is 2.23. The first-order valence-corrected chi connectivity index (χ1v) is 6.48. The summed E-state index contributed by atoms with van der Waals surface area (Å²) in [5.41, 5.74) is 0.605. The van der Waals surface area contributed by atoms with E-state index < -0.39 is 11.1 Å². The molecule has 1 aliphatic rings. The summed E-state index contributed by atoms with van der Waals surface area (Å²) in [5.74, 6) is -0.107. The van der Waals surface area contributed by atoms with E-state index in [1.165, 1.54) is 0 Å². The zero-order chi connectivity index (χ0) is 13.1. The second-order valence-electron chi connectivity index (χ2n) is 3.41. The van der Waals surface area contributed by atoms with Crippen LogP contribution in [0.15, 0.2) is 29.2 Å². The van der Waals surface area contributed by atoms with Gasteiger partial charge >= 0.3 is 0 Å². The molecule has 1 saturated heterocycles. The van der Waals surface area contributed by atoms with E-state index in [9.17, 15) is 9.59 Å². The zero-order valence-corrected chi connectivity index (χ0v) is 11.1. The zero-order valence-electron chi connectivity index (χ0n) is 9.53. The fourth-order valence-electron chi connectivity index (χ4n) is 1.52. The molecule has 0 atom stereocenters. The molecule has 2 rings (SSSR count). The number of imide groups is 1. The molecule has 0 aliphatic carbocycles. The fraction of sp³-hybridized carbons (Fsp3) is 0.167. The van der Waals surface area contributed by atoms with Crippen LogP contribution in [0.1, 0.15) is 12.5 Å². The number of rotatable bonds is 3. The highest BCUT2D eigenvalue weighted by atomic mass is 35.5. The highest BCUT2D eigenvalue weighted by Gasteiger charge is 2.30. The molecule has 0 radical (unpaired) electrons. The number of hydrogen-bond acceptors (Lipinski definition) is 4. The second-order valence-corrected chi connectivity index (χ2v) is 4.81.